The summed E-state index contributed by atoms with van der Waals surface area (Å²) in [6.07, 6.45) is 0.866. The Kier molecular flexibility index (Phi) is 12.9. The number of nitrogens with two attached hydrogens (primary N) is 1. The lowest BCUT2D eigenvalue weighted by molar-refractivity contribution is -0.123. The van der Waals surface area contributed by atoms with Gasteiger partial charge in [-0.2, -0.15) is 4.31 Å². The monoisotopic (exact) mass is 658 g/mol. The number of aliphatic hydroxyl groups is 1. The molecule has 12 heteroatoms. The van der Waals surface area contributed by atoms with Gasteiger partial charge in [-0.15, -0.1) is 0 Å². The Morgan fingerprint density at radius 3 is 2.35 bits per heavy atom. The van der Waals surface area contributed by atoms with Crippen LogP contribution in [-0.4, -0.2) is 67.2 Å². The molecule has 2 atom stereocenters. The van der Waals surface area contributed by atoms with E-state index in [2.05, 4.69) is 10.6 Å². The highest BCUT2D eigenvalue weighted by Crippen LogP contribution is 2.25. The number of fused-ring (bicyclic) bond motifs is 1. The average Bonchev–Trinajstić information content (AvgIpc) is 2.97. The maximum absolute atomic E-state index is 13.7. The Bertz CT molecular complexity index is 1590. The van der Waals surface area contributed by atoms with Crippen molar-refractivity contribution in [3.05, 3.63) is 72.0 Å². The number of aliphatic hydroxyl groups excluding tert-OH is 1. The predicted octanol–water partition coefficient (Wildman–Crippen LogP) is 4.99. The third-order valence-corrected chi connectivity index (χ3v) is 9.18. The molecule has 46 heavy (non-hydrogen) atoms. The number of hydrogen-bond donors (Lipinski definition) is 4. The number of alkyl carbamates (subject to hydrolysis) is 1. The standard InChI is InChI=1S/C34H47FN4O6S/c1-23(2)21-39(46(43,44)28-15-16-29(35)30(36)20-28)27(22-40)12-8-9-17-37-32(41)31(38-33(42)45-34(3,4)5)19-24-13-14-25-10-6-7-11-26(25)18-24/h6-7,10-11,13-16,18,20,23,27,31,40H,8-9,12,17,19,21-22,36H2,1-5H3,(H,37,41)(H,38,42). The maximum Gasteiger partial charge on any atom is 0.408 e. The minimum absolute atomic E-state index is 0.0436. The molecule has 10 nitrogen and oxygen atoms in total. The quantitative estimate of drug-likeness (QED) is 0.133. The van der Waals surface area contributed by atoms with Crippen molar-refractivity contribution in [1.82, 2.24) is 14.9 Å². The number of ether oxygens (including phenoxy) is 1. The maximum atomic E-state index is 13.7. The fourth-order valence-corrected chi connectivity index (χ4v) is 6.89. The summed E-state index contributed by atoms with van der Waals surface area (Å²) in [5.41, 5.74) is 5.49. The van der Waals surface area contributed by atoms with Crippen LogP contribution in [0.1, 0.15) is 59.4 Å². The van der Waals surface area contributed by atoms with Gasteiger partial charge in [0.25, 0.3) is 0 Å². The molecule has 3 aromatic carbocycles. The van der Waals surface area contributed by atoms with Gasteiger partial charge in [-0.1, -0.05) is 62.7 Å². The molecule has 0 radical (unpaired) electrons. The van der Waals surface area contributed by atoms with E-state index in [0.717, 1.165) is 34.5 Å². The number of benzene rings is 3. The lowest BCUT2D eigenvalue weighted by Crippen LogP contribution is -2.49. The van der Waals surface area contributed by atoms with Gasteiger partial charge < -0.3 is 26.2 Å². The fourth-order valence-electron chi connectivity index (χ4n) is 5.05. The van der Waals surface area contributed by atoms with Crippen molar-refractivity contribution in [2.75, 3.05) is 25.4 Å². The summed E-state index contributed by atoms with van der Waals surface area (Å²) >= 11 is 0. The zero-order valence-corrected chi connectivity index (χ0v) is 28.1. The van der Waals surface area contributed by atoms with E-state index in [1.54, 1.807) is 20.8 Å². The molecule has 0 heterocycles. The van der Waals surface area contributed by atoms with E-state index < -0.39 is 46.2 Å². The van der Waals surface area contributed by atoms with E-state index in [1.165, 1.54) is 4.31 Å². The first-order valence-corrected chi connectivity index (χ1v) is 17.0. The summed E-state index contributed by atoms with van der Waals surface area (Å²) in [6, 6.07) is 15.4. The van der Waals surface area contributed by atoms with Crippen LogP contribution in [0.2, 0.25) is 0 Å². The van der Waals surface area contributed by atoms with Crippen molar-refractivity contribution in [2.24, 2.45) is 5.92 Å². The Morgan fingerprint density at radius 1 is 1.02 bits per heavy atom. The second-order valence-corrected chi connectivity index (χ2v) is 14.8. The van der Waals surface area contributed by atoms with Crippen LogP contribution in [-0.2, 0) is 26.0 Å². The van der Waals surface area contributed by atoms with E-state index in [0.29, 0.717) is 19.3 Å². The van der Waals surface area contributed by atoms with Gasteiger partial charge in [0, 0.05) is 25.6 Å². The minimum Gasteiger partial charge on any atom is -0.444 e. The zero-order chi connectivity index (χ0) is 34.1. The summed E-state index contributed by atoms with van der Waals surface area (Å²) < 4.78 is 47.4. The van der Waals surface area contributed by atoms with Crippen molar-refractivity contribution < 1.29 is 32.2 Å². The number of hydrogen-bond acceptors (Lipinski definition) is 7. The first-order valence-electron chi connectivity index (χ1n) is 15.5. The molecule has 0 aliphatic carbocycles. The van der Waals surface area contributed by atoms with Crippen molar-refractivity contribution in [3.63, 3.8) is 0 Å². The second-order valence-electron chi connectivity index (χ2n) is 12.9. The highest BCUT2D eigenvalue weighted by Gasteiger charge is 2.32. The number of carbonyl (C=O) groups is 2. The molecule has 3 aromatic rings. The molecule has 2 amide bonds. The molecule has 0 aliphatic heterocycles. The van der Waals surface area contributed by atoms with Crippen molar-refractivity contribution in [3.8, 4) is 0 Å². The first kappa shape index (κ1) is 36.7. The van der Waals surface area contributed by atoms with Crippen molar-refractivity contribution in [1.29, 1.82) is 0 Å². The van der Waals surface area contributed by atoms with Crippen LogP contribution in [0, 0.1) is 11.7 Å². The number of unbranched alkanes of at least 4 members (excludes halogenated alkanes) is 1. The van der Waals surface area contributed by atoms with Gasteiger partial charge in [-0.3, -0.25) is 4.79 Å². The van der Waals surface area contributed by atoms with Crippen LogP contribution in [0.3, 0.4) is 0 Å². The van der Waals surface area contributed by atoms with Crippen LogP contribution in [0.4, 0.5) is 14.9 Å². The number of nitrogens with one attached hydrogen (secondary N) is 2. The van der Waals surface area contributed by atoms with E-state index in [1.807, 2.05) is 56.3 Å². The largest absolute Gasteiger partial charge is 0.444 e. The Hall–Kier alpha value is -3.74. The van der Waals surface area contributed by atoms with Crippen LogP contribution in [0.5, 0.6) is 0 Å². The number of halogens is 1. The number of carbonyl (C=O) groups excluding carboxylic acids is 2. The highest BCUT2D eigenvalue weighted by molar-refractivity contribution is 7.89. The number of sulfonamides is 1. The molecule has 0 aromatic heterocycles. The smallest absolute Gasteiger partial charge is 0.408 e. The normalized spacial score (nSPS) is 13.5. The molecule has 0 saturated carbocycles. The summed E-state index contributed by atoms with van der Waals surface area (Å²) in [4.78, 5) is 25.7. The molecule has 2 unspecified atom stereocenters. The van der Waals surface area contributed by atoms with Crippen LogP contribution in [0.25, 0.3) is 10.8 Å². The summed E-state index contributed by atoms with van der Waals surface area (Å²) in [7, 11) is -4.08. The van der Waals surface area contributed by atoms with E-state index >= 15 is 0 Å². The topological polar surface area (TPSA) is 151 Å². The van der Waals surface area contributed by atoms with Crippen LogP contribution < -0.4 is 16.4 Å². The van der Waals surface area contributed by atoms with E-state index in [-0.39, 0.29) is 41.9 Å². The van der Waals surface area contributed by atoms with Gasteiger partial charge >= 0.3 is 6.09 Å². The lowest BCUT2D eigenvalue weighted by atomic mass is 10.0. The molecule has 3 rings (SSSR count). The van der Waals surface area contributed by atoms with Crippen molar-refractivity contribution in [2.45, 2.75) is 82.9 Å². The number of anilines is 1. The lowest BCUT2D eigenvalue weighted by Gasteiger charge is -2.31. The molecule has 0 aliphatic rings. The Labute approximate surface area is 271 Å². The van der Waals surface area contributed by atoms with Gasteiger partial charge in [0.1, 0.15) is 17.5 Å². The Morgan fingerprint density at radius 2 is 1.72 bits per heavy atom. The zero-order valence-electron chi connectivity index (χ0n) is 27.3. The number of nitrogens with zero attached hydrogens (tertiary/aromatic N) is 1. The van der Waals surface area contributed by atoms with Gasteiger partial charge in [0.15, 0.2) is 0 Å². The van der Waals surface area contributed by atoms with Gasteiger partial charge in [0.2, 0.25) is 15.9 Å². The third kappa shape index (κ3) is 10.7. The minimum atomic E-state index is -4.08. The molecular formula is C34H47FN4O6S. The molecule has 0 saturated heterocycles. The van der Waals surface area contributed by atoms with E-state index in [9.17, 15) is 27.5 Å². The molecule has 0 fully saturated rings. The summed E-state index contributed by atoms with van der Waals surface area (Å²) in [6.45, 7) is 8.97. The summed E-state index contributed by atoms with van der Waals surface area (Å²) in [5, 5.41) is 17.9. The summed E-state index contributed by atoms with van der Waals surface area (Å²) in [5.74, 6) is -1.13. The average molecular weight is 659 g/mol. The number of amides is 2. The predicted molar refractivity (Wildman–Crippen MR) is 178 cm³/mol. The van der Waals surface area contributed by atoms with Crippen LogP contribution in [0.15, 0.2) is 65.6 Å². The van der Waals surface area contributed by atoms with Crippen molar-refractivity contribution >= 4 is 38.5 Å². The highest BCUT2D eigenvalue weighted by atomic mass is 32.2. The number of nitrogen functional groups attached to an aromatic ring is 1. The first-order chi connectivity index (χ1) is 21.6. The molecule has 0 spiro atoms. The molecule has 0 bridgehead atoms. The van der Waals surface area contributed by atoms with Crippen LogP contribution >= 0.6 is 0 Å². The molecular weight excluding hydrogens is 611 g/mol. The molecule has 5 N–H and O–H groups in total. The van der Waals surface area contributed by atoms with E-state index in [4.69, 9.17) is 10.5 Å². The van der Waals surface area contributed by atoms with Gasteiger partial charge in [-0.05, 0) is 74.1 Å². The second kappa shape index (κ2) is 16.2. The molecule has 252 valence electrons. The fraction of sp³-hybridized carbons (Fsp3) is 0.471. The number of rotatable bonds is 15. The van der Waals surface area contributed by atoms with Gasteiger partial charge in [-0.25, -0.2) is 17.6 Å². The third-order valence-electron chi connectivity index (χ3n) is 7.26. The van der Waals surface area contributed by atoms with Gasteiger partial charge in [0.05, 0.1) is 17.2 Å². The Balaban J connectivity index is 1.65. The SMILES string of the molecule is CC(C)CN(C(CO)CCCCNC(=O)C(Cc1ccc2ccccc2c1)NC(=O)OC(C)(C)C)S(=O)(=O)c1ccc(F)c(N)c1.